The Hall–Kier alpha value is -2.72. The second kappa shape index (κ2) is 6.81. The molecule has 0 bridgehead atoms. The fourth-order valence-electron chi connectivity index (χ4n) is 2.26. The van der Waals surface area contributed by atoms with Crippen LogP contribution in [0.15, 0.2) is 66.7 Å². The topological polar surface area (TPSA) is 26.3 Å². The number of carbonyl (C=O) groups excluding carboxylic acids is 1. The van der Waals surface area contributed by atoms with Gasteiger partial charge >= 0.3 is 5.97 Å². The van der Waals surface area contributed by atoms with Crippen LogP contribution in [0.2, 0.25) is 5.02 Å². The number of hydrogen-bond acceptors (Lipinski definition) is 2. The van der Waals surface area contributed by atoms with Crippen molar-refractivity contribution in [2.45, 2.75) is 0 Å². The molecule has 0 aliphatic heterocycles. The molecule has 3 rings (SSSR count). The maximum Gasteiger partial charge on any atom is 0.346 e. The number of carbonyl (C=O) groups is 1. The Morgan fingerprint density at radius 3 is 2.33 bits per heavy atom. The summed E-state index contributed by atoms with van der Waals surface area (Å²) in [5.74, 6) is -2.07. The molecule has 0 spiro atoms. The second-order valence-corrected chi connectivity index (χ2v) is 5.43. The van der Waals surface area contributed by atoms with Crippen LogP contribution in [0.3, 0.4) is 0 Å². The molecule has 0 heterocycles. The van der Waals surface area contributed by atoms with Crippen LogP contribution in [0.4, 0.5) is 8.78 Å². The lowest BCUT2D eigenvalue weighted by Crippen LogP contribution is -2.11. The van der Waals surface area contributed by atoms with Crippen molar-refractivity contribution in [2.24, 2.45) is 0 Å². The van der Waals surface area contributed by atoms with Gasteiger partial charge in [0.05, 0.1) is 5.56 Å². The SMILES string of the molecule is O=C(Oc1ccccc1)c1cccc(-c2ccc(Cl)cc2F)c1F. The van der Waals surface area contributed by atoms with Crippen molar-refractivity contribution in [2.75, 3.05) is 0 Å². The van der Waals surface area contributed by atoms with E-state index in [0.29, 0.717) is 5.75 Å². The highest BCUT2D eigenvalue weighted by Crippen LogP contribution is 2.29. The van der Waals surface area contributed by atoms with E-state index in [-0.39, 0.29) is 21.7 Å². The third kappa shape index (κ3) is 3.29. The Morgan fingerprint density at radius 2 is 1.62 bits per heavy atom. The van der Waals surface area contributed by atoms with Crippen molar-refractivity contribution in [1.29, 1.82) is 0 Å². The van der Waals surface area contributed by atoms with Crippen molar-refractivity contribution in [3.8, 4) is 16.9 Å². The minimum Gasteiger partial charge on any atom is -0.423 e. The second-order valence-electron chi connectivity index (χ2n) is 4.99. The molecule has 0 aromatic heterocycles. The number of ether oxygens (including phenoxy) is 1. The maximum absolute atomic E-state index is 14.7. The van der Waals surface area contributed by atoms with Gasteiger partial charge in [-0.3, -0.25) is 0 Å². The third-order valence-electron chi connectivity index (χ3n) is 3.39. The molecule has 0 amide bonds. The monoisotopic (exact) mass is 344 g/mol. The first-order valence-corrected chi connectivity index (χ1v) is 7.45. The molecular weight excluding hydrogens is 334 g/mol. The standard InChI is InChI=1S/C19H11ClF2O2/c20-12-9-10-14(17(21)11-12)15-7-4-8-16(18(15)22)19(23)24-13-5-2-1-3-6-13/h1-11H. The molecule has 24 heavy (non-hydrogen) atoms. The van der Waals surface area contributed by atoms with Crippen LogP contribution in [0, 0.1) is 11.6 Å². The van der Waals surface area contributed by atoms with E-state index < -0.39 is 17.6 Å². The molecule has 0 aliphatic rings. The third-order valence-corrected chi connectivity index (χ3v) is 3.63. The van der Waals surface area contributed by atoms with Gasteiger partial charge < -0.3 is 4.74 Å². The molecule has 0 saturated heterocycles. The van der Waals surface area contributed by atoms with Gasteiger partial charge in [-0.05, 0) is 36.4 Å². The summed E-state index contributed by atoms with van der Waals surface area (Å²) in [7, 11) is 0. The van der Waals surface area contributed by atoms with Gasteiger partial charge in [0.2, 0.25) is 0 Å². The van der Waals surface area contributed by atoms with E-state index in [1.54, 1.807) is 30.3 Å². The number of rotatable bonds is 3. The van der Waals surface area contributed by atoms with Crippen LogP contribution in [0.5, 0.6) is 5.75 Å². The predicted octanol–water partition coefficient (Wildman–Crippen LogP) is 5.50. The summed E-state index contributed by atoms with van der Waals surface area (Å²) >= 11 is 5.71. The average molecular weight is 345 g/mol. The number of hydrogen-bond donors (Lipinski definition) is 0. The highest BCUT2D eigenvalue weighted by molar-refractivity contribution is 6.30. The van der Waals surface area contributed by atoms with Gasteiger partial charge in [0, 0.05) is 16.1 Å². The molecule has 2 nitrogen and oxygen atoms in total. The maximum atomic E-state index is 14.7. The van der Waals surface area contributed by atoms with Gasteiger partial charge in [0.15, 0.2) is 0 Å². The van der Waals surface area contributed by atoms with Crippen LogP contribution in [-0.4, -0.2) is 5.97 Å². The predicted molar refractivity (Wildman–Crippen MR) is 88.2 cm³/mol. The zero-order chi connectivity index (χ0) is 17.1. The molecule has 0 fully saturated rings. The molecule has 3 aromatic carbocycles. The summed E-state index contributed by atoms with van der Waals surface area (Å²) in [6.45, 7) is 0. The van der Waals surface area contributed by atoms with Crippen LogP contribution >= 0.6 is 11.6 Å². The quantitative estimate of drug-likeness (QED) is 0.463. The zero-order valence-corrected chi connectivity index (χ0v) is 13.1. The lowest BCUT2D eigenvalue weighted by atomic mass is 10.0. The molecule has 120 valence electrons. The first kappa shape index (κ1) is 16.1. The van der Waals surface area contributed by atoms with Gasteiger partial charge in [0.25, 0.3) is 0 Å². The lowest BCUT2D eigenvalue weighted by Gasteiger charge is -2.09. The van der Waals surface area contributed by atoms with E-state index in [0.717, 1.165) is 6.07 Å². The van der Waals surface area contributed by atoms with Crippen LogP contribution in [0.25, 0.3) is 11.1 Å². The zero-order valence-electron chi connectivity index (χ0n) is 12.3. The van der Waals surface area contributed by atoms with E-state index in [1.165, 1.54) is 30.3 Å². The van der Waals surface area contributed by atoms with Crippen molar-refractivity contribution in [3.63, 3.8) is 0 Å². The highest BCUT2D eigenvalue weighted by Gasteiger charge is 2.19. The minimum absolute atomic E-state index is 0.0197. The number of halogens is 3. The van der Waals surface area contributed by atoms with E-state index in [2.05, 4.69) is 0 Å². The van der Waals surface area contributed by atoms with Gasteiger partial charge in [-0.15, -0.1) is 0 Å². The average Bonchev–Trinajstić information content (AvgIpc) is 2.56. The van der Waals surface area contributed by atoms with E-state index >= 15 is 0 Å². The van der Waals surface area contributed by atoms with Gasteiger partial charge in [-0.2, -0.15) is 0 Å². The fraction of sp³-hybridized carbons (Fsp3) is 0. The largest absolute Gasteiger partial charge is 0.423 e. The Morgan fingerprint density at radius 1 is 0.875 bits per heavy atom. The minimum atomic E-state index is -0.852. The molecule has 0 saturated carbocycles. The van der Waals surface area contributed by atoms with Gasteiger partial charge in [0.1, 0.15) is 17.4 Å². The smallest absolute Gasteiger partial charge is 0.346 e. The lowest BCUT2D eigenvalue weighted by molar-refractivity contribution is 0.0730. The molecule has 0 radical (unpaired) electrons. The van der Waals surface area contributed by atoms with Crippen LogP contribution < -0.4 is 4.74 Å². The highest BCUT2D eigenvalue weighted by atomic mass is 35.5. The van der Waals surface area contributed by atoms with Gasteiger partial charge in [-0.25, -0.2) is 13.6 Å². The summed E-state index contributed by atoms with van der Waals surface area (Å²) in [4.78, 5) is 12.2. The number of para-hydroxylation sites is 1. The molecular formula is C19H11ClF2O2. The molecule has 5 heteroatoms. The molecule has 0 aliphatic carbocycles. The number of esters is 1. The van der Waals surface area contributed by atoms with E-state index in [4.69, 9.17) is 16.3 Å². The first-order chi connectivity index (χ1) is 11.6. The Kier molecular flexibility index (Phi) is 4.58. The van der Waals surface area contributed by atoms with Crippen molar-refractivity contribution >= 4 is 17.6 Å². The molecule has 3 aromatic rings. The number of benzene rings is 3. The molecule has 0 N–H and O–H groups in total. The van der Waals surface area contributed by atoms with Crippen molar-refractivity contribution in [3.05, 3.63) is 89.0 Å². The van der Waals surface area contributed by atoms with Crippen LogP contribution in [0.1, 0.15) is 10.4 Å². The summed E-state index contributed by atoms with van der Waals surface area (Å²) in [6, 6.07) is 16.4. The van der Waals surface area contributed by atoms with E-state index in [1.807, 2.05) is 0 Å². The Balaban J connectivity index is 1.98. The summed E-state index contributed by atoms with van der Waals surface area (Å²) in [5, 5.41) is 0.205. The van der Waals surface area contributed by atoms with E-state index in [9.17, 15) is 13.6 Å². The summed E-state index contributed by atoms with van der Waals surface area (Å²) in [6.07, 6.45) is 0. The molecule has 0 atom stereocenters. The van der Waals surface area contributed by atoms with Gasteiger partial charge in [-0.1, -0.05) is 41.9 Å². The molecule has 0 unspecified atom stereocenters. The fourth-order valence-corrected chi connectivity index (χ4v) is 2.41. The Labute approximate surface area is 142 Å². The van der Waals surface area contributed by atoms with Crippen LogP contribution in [-0.2, 0) is 0 Å². The summed E-state index contributed by atoms with van der Waals surface area (Å²) in [5.41, 5.74) is -0.288. The summed E-state index contributed by atoms with van der Waals surface area (Å²) < 4.78 is 33.8. The first-order valence-electron chi connectivity index (χ1n) is 7.07. The van der Waals surface area contributed by atoms with Crippen molar-refractivity contribution in [1.82, 2.24) is 0 Å². The Bertz CT molecular complexity index is 895. The van der Waals surface area contributed by atoms with Crippen molar-refractivity contribution < 1.29 is 18.3 Å². The normalized spacial score (nSPS) is 10.5.